The van der Waals surface area contributed by atoms with E-state index in [4.69, 9.17) is 17.3 Å². The van der Waals surface area contributed by atoms with Crippen molar-refractivity contribution in [3.05, 3.63) is 34.0 Å². The summed E-state index contributed by atoms with van der Waals surface area (Å²) in [6, 6.07) is 1.80. The lowest BCUT2D eigenvalue weighted by atomic mass is 10.1. The first kappa shape index (κ1) is 12.3. The number of aromatic nitrogens is 1. The molecular weight excluding hydrogens is 246 g/mol. The number of aryl methyl sites for hydroxylation is 2. The summed E-state index contributed by atoms with van der Waals surface area (Å²) in [5, 5.41) is 0.463. The number of benzene rings is 1. The van der Waals surface area contributed by atoms with Crippen LogP contribution in [0.3, 0.4) is 0 Å². The van der Waals surface area contributed by atoms with Crippen LogP contribution < -0.4 is 5.73 Å². The van der Waals surface area contributed by atoms with Crippen LogP contribution >= 0.6 is 11.6 Å². The molecule has 0 unspecified atom stereocenters. The van der Waals surface area contributed by atoms with Crippen LogP contribution in [0.1, 0.15) is 11.3 Å². The number of fused-ring (bicyclic) bond motifs is 1. The normalized spacial score (nSPS) is 11.4. The molecule has 17 heavy (non-hydrogen) atoms. The zero-order valence-electron chi connectivity index (χ0n) is 9.65. The number of nitrogens with two attached hydrogens (primary N) is 1. The Kier molecular flexibility index (Phi) is 3.10. The lowest BCUT2D eigenvalue weighted by Crippen LogP contribution is -2.11. The lowest BCUT2D eigenvalue weighted by Gasteiger charge is -2.09. The minimum Gasteiger partial charge on any atom is -0.342 e. The number of hydrogen-bond acceptors (Lipinski definition) is 1. The monoisotopic (exact) mass is 258 g/mol. The van der Waals surface area contributed by atoms with Gasteiger partial charge in [-0.15, -0.1) is 0 Å². The minimum absolute atomic E-state index is 0.176. The molecule has 0 amide bonds. The zero-order chi connectivity index (χ0) is 12.7. The standard InChI is InChI=1S/C12H13ClF2N2/c1-6-5-8-7(2)10(14)11(15)9(13)12(8)17(6)4-3-16/h5H,3-4,16H2,1-2H3. The molecule has 0 aliphatic heterocycles. The van der Waals surface area contributed by atoms with Crippen molar-refractivity contribution in [2.75, 3.05) is 6.54 Å². The highest BCUT2D eigenvalue weighted by Crippen LogP contribution is 2.34. The molecule has 0 spiro atoms. The molecule has 2 rings (SSSR count). The first-order valence-electron chi connectivity index (χ1n) is 5.32. The first-order valence-corrected chi connectivity index (χ1v) is 5.69. The summed E-state index contributed by atoms with van der Waals surface area (Å²) in [5.41, 5.74) is 7.19. The molecule has 1 aromatic carbocycles. The fraction of sp³-hybridized carbons (Fsp3) is 0.333. The largest absolute Gasteiger partial charge is 0.342 e. The van der Waals surface area contributed by atoms with E-state index in [2.05, 4.69) is 0 Å². The van der Waals surface area contributed by atoms with E-state index in [1.807, 2.05) is 11.5 Å². The molecule has 1 heterocycles. The van der Waals surface area contributed by atoms with E-state index >= 15 is 0 Å². The molecule has 0 radical (unpaired) electrons. The van der Waals surface area contributed by atoms with E-state index in [0.717, 1.165) is 5.69 Å². The molecule has 0 aliphatic carbocycles. The molecule has 0 aliphatic rings. The van der Waals surface area contributed by atoms with Gasteiger partial charge < -0.3 is 10.3 Å². The zero-order valence-corrected chi connectivity index (χ0v) is 10.4. The summed E-state index contributed by atoms with van der Waals surface area (Å²) in [6.07, 6.45) is 0. The van der Waals surface area contributed by atoms with Gasteiger partial charge in [-0.05, 0) is 25.5 Å². The third kappa shape index (κ3) is 1.72. The van der Waals surface area contributed by atoms with Gasteiger partial charge in [-0.3, -0.25) is 0 Å². The Morgan fingerprint density at radius 1 is 1.29 bits per heavy atom. The Balaban J connectivity index is 2.91. The predicted octanol–water partition coefficient (Wildman–Crippen LogP) is 3.15. The average Bonchev–Trinajstić information content (AvgIpc) is 2.62. The molecule has 92 valence electrons. The summed E-state index contributed by atoms with van der Waals surface area (Å²) in [6.45, 7) is 4.35. The van der Waals surface area contributed by atoms with Crippen molar-refractivity contribution in [2.45, 2.75) is 20.4 Å². The second-order valence-electron chi connectivity index (χ2n) is 4.06. The van der Waals surface area contributed by atoms with Crippen LogP contribution in [0.4, 0.5) is 8.78 Å². The van der Waals surface area contributed by atoms with Gasteiger partial charge in [-0.1, -0.05) is 11.6 Å². The molecule has 5 heteroatoms. The SMILES string of the molecule is Cc1c(F)c(F)c(Cl)c2c1cc(C)n2CCN. The van der Waals surface area contributed by atoms with Crippen LogP contribution in [0, 0.1) is 25.5 Å². The Hall–Kier alpha value is -1.13. The van der Waals surface area contributed by atoms with Crippen LogP contribution in [0.5, 0.6) is 0 Å². The minimum atomic E-state index is -0.993. The highest BCUT2D eigenvalue weighted by atomic mass is 35.5. The van der Waals surface area contributed by atoms with Crippen LogP contribution in [-0.4, -0.2) is 11.1 Å². The predicted molar refractivity (Wildman–Crippen MR) is 65.4 cm³/mol. The van der Waals surface area contributed by atoms with Crippen LogP contribution in [0.15, 0.2) is 6.07 Å². The van der Waals surface area contributed by atoms with Gasteiger partial charge in [0.2, 0.25) is 0 Å². The number of halogens is 3. The van der Waals surface area contributed by atoms with E-state index in [1.54, 1.807) is 13.0 Å². The molecule has 0 fully saturated rings. The van der Waals surface area contributed by atoms with Crippen molar-refractivity contribution in [1.82, 2.24) is 4.57 Å². The van der Waals surface area contributed by atoms with Gasteiger partial charge in [0.25, 0.3) is 0 Å². The van der Waals surface area contributed by atoms with Crippen LogP contribution in [-0.2, 0) is 6.54 Å². The highest BCUT2D eigenvalue weighted by Gasteiger charge is 2.20. The van der Waals surface area contributed by atoms with Gasteiger partial charge in [0.1, 0.15) is 5.02 Å². The fourth-order valence-electron chi connectivity index (χ4n) is 2.10. The Morgan fingerprint density at radius 2 is 1.94 bits per heavy atom. The smallest absolute Gasteiger partial charge is 0.179 e. The van der Waals surface area contributed by atoms with E-state index in [-0.39, 0.29) is 10.6 Å². The third-order valence-electron chi connectivity index (χ3n) is 2.98. The molecule has 0 bridgehead atoms. The summed E-state index contributed by atoms with van der Waals surface area (Å²) in [5.74, 6) is -1.87. The number of hydrogen-bond donors (Lipinski definition) is 1. The summed E-state index contributed by atoms with van der Waals surface area (Å²) in [4.78, 5) is 0. The quantitative estimate of drug-likeness (QED) is 0.825. The van der Waals surface area contributed by atoms with E-state index in [1.165, 1.54) is 0 Å². The van der Waals surface area contributed by atoms with E-state index in [9.17, 15) is 8.78 Å². The Labute approximate surface area is 103 Å². The van der Waals surface area contributed by atoms with Gasteiger partial charge >= 0.3 is 0 Å². The van der Waals surface area contributed by atoms with Crippen molar-refractivity contribution in [3.8, 4) is 0 Å². The first-order chi connectivity index (χ1) is 7.99. The average molecular weight is 259 g/mol. The molecule has 2 nitrogen and oxygen atoms in total. The second kappa shape index (κ2) is 4.27. The number of rotatable bonds is 2. The molecule has 0 saturated heterocycles. The van der Waals surface area contributed by atoms with Crippen molar-refractivity contribution in [1.29, 1.82) is 0 Å². The molecule has 1 aromatic heterocycles. The summed E-state index contributed by atoms with van der Waals surface area (Å²) in [7, 11) is 0. The van der Waals surface area contributed by atoms with Gasteiger partial charge in [0, 0.05) is 24.2 Å². The molecule has 2 aromatic rings. The van der Waals surface area contributed by atoms with Crippen LogP contribution in [0.25, 0.3) is 10.9 Å². The maximum Gasteiger partial charge on any atom is 0.179 e. The van der Waals surface area contributed by atoms with E-state index < -0.39 is 11.6 Å². The lowest BCUT2D eigenvalue weighted by molar-refractivity contribution is 0.505. The number of nitrogens with zero attached hydrogens (tertiary/aromatic N) is 1. The Morgan fingerprint density at radius 3 is 2.53 bits per heavy atom. The van der Waals surface area contributed by atoms with Crippen molar-refractivity contribution in [2.24, 2.45) is 5.73 Å². The Bertz CT molecular complexity index is 590. The van der Waals surface area contributed by atoms with Crippen LogP contribution in [0.2, 0.25) is 5.02 Å². The van der Waals surface area contributed by atoms with Gasteiger partial charge in [0.15, 0.2) is 11.6 Å². The third-order valence-corrected chi connectivity index (χ3v) is 3.33. The molecule has 2 N–H and O–H groups in total. The highest BCUT2D eigenvalue weighted by molar-refractivity contribution is 6.35. The molecule has 0 atom stereocenters. The maximum absolute atomic E-state index is 13.6. The molecule has 0 saturated carbocycles. The topological polar surface area (TPSA) is 30.9 Å². The summed E-state index contributed by atoms with van der Waals surface area (Å²) < 4.78 is 29.0. The van der Waals surface area contributed by atoms with Gasteiger partial charge in [-0.2, -0.15) is 0 Å². The van der Waals surface area contributed by atoms with Gasteiger partial charge in [-0.25, -0.2) is 8.78 Å². The van der Waals surface area contributed by atoms with Gasteiger partial charge in [0.05, 0.1) is 5.52 Å². The van der Waals surface area contributed by atoms with Crippen molar-refractivity contribution in [3.63, 3.8) is 0 Å². The van der Waals surface area contributed by atoms with Crippen molar-refractivity contribution < 1.29 is 8.78 Å². The van der Waals surface area contributed by atoms with E-state index in [0.29, 0.717) is 24.0 Å². The van der Waals surface area contributed by atoms with Crippen molar-refractivity contribution >= 4 is 22.5 Å². The maximum atomic E-state index is 13.6. The fourth-order valence-corrected chi connectivity index (χ4v) is 2.39. The molecular formula is C12H13ClF2N2. The summed E-state index contributed by atoms with van der Waals surface area (Å²) >= 11 is 5.88. The second-order valence-corrected chi connectivity index (χ2v) is 4.43.